The number of hydrogen-bond donors (Lipinski definition) is 1. The van der Waals surface area contributed by atoms with Crippen LogP contribution < -0.4 is 20.3 Å². The van der Waals surface area contributed by atoms with E-state index in [1.54, 1.807) is 34.8 Å². The highest BCUT2D eigenvalue weighted by atomic mass is 35.5. The minimum atomic E-state index is -0.696. The fourth-order valence-electron chi connectivity index (χ4n) is 5.44. The number of halogens is 2. The van der Waals surface area contributed by atoms with Crippen LogP contribution >= 0.6 is 23.2 Å². The summed E-state index contributed by atoms with van der Waals surface area (Å²) < 4.78 is 18.2. The maximum Gasteiger partial charge on any atom is 0.411 e. The van der Waals surface area contributed by atoms with Crippen molar-refractivity contribution in [2.75, 3.05) is 33.1 Å². The van der Waals surface area contributed by atoms with Gasteiger partial charge in [0.2, 0.25) is 5.95 Å². The molecule has 1 amide bonds. The molecule has 2 aliphatic rings. The Kier molecular flexibility index (Phi) is 6.83. The number of anilines is 1. The Labute approximate surface area is 236 Å². The summed E-state index contributed by atoms with van der Waals surface area (Å²) in [5, 5.41) is 3.83. The maximum absolute atomic E-state index is 14.5. The number of ether oxygens (including phenoxy) is 3. The molecule has 1 N–H and O–H groups in total. The predicted octanol–water partition coefficient (Wildman–Crippen LogP) is 5.74. The molecular weight excluding hydrogens is 545 g/mol. The molecule has 3 heterocycles. The molecule has 2 aromatic heterocycles. The lowest BCUT2D eigenvalue weighted by Gasteiger charge is -2.61. The van der Waals surface area contributed by atoms with Crippen molar-refractivity contribution < 1.29 is 19.0 Å². The van der Waals surface area contributed by atoms with Crippen molar-refractivity contribution in [2.24, 2.45) is 5.41 Å². The first-order valence-electron chi connectivity index (χ1n) is 12.6. The van der Waals surface area contributed by atoms with Crippen LogP contribution in [0.15, 0.2) is 23.1 Å². The number of carbonyl (C=O) groups excluding carboxylic acids is 1. The van der Waals surface area contributed by atoms with Gasteiger partial charge in [-0.05, 0) is 39.7 Å². The molecule has 10 nitrogen and oxygen atoms in total. The molecule has 1 atom stereocenters. The monoisotopic (exact) mass is 575 g/mol. The molecule has 1 aliphatic heterocycles. The molecule has 5 rings (SSSR count). The zero-order valence-electron chi connectivity index (χ0n) is 22.7. The van der Waals surface area contributed by atoms with Crippen molar-refractivity contribution in [1.29, 1.82) is 0 Å². The Hall–Kier alpha value is -3.24. The van der Waals surface area contributed by atoms with Gasteiger partial charge in [0, 0.05) is 42.2 Å². The van der Waals surface area contributed by atoms with Gasteiger partial charge in [0.15, 0.2) is 0 Å². The fourth-order valence-corrected chi connectivity index (χ4v) is 6.14. The molecule has 2 fully saturated rings. The second-order valence-corrected chi connectivity index (χ2v) is 11.7. The van der Waals surface area contributed by atoms with E-state index in [1.165, 1.54) is 14.2 Å². The van der Waals surface area contributed by atoms with E-state index < -0.39 is 23.4 Å². The Bertz CT molecular complexity index is 1500. The van der Waals surface area contributed by atoms with Gasteiger partial charge in [-0.25, -0.2) is 9.78 Å². The highest BCUT2D eigenvalue weighted by molar-refractivity contribution is 6.41. The maximum atomic E-state index is 14.5. The molecule has 1 saturated carbocycles. The van der Waals surface area contributed by atoms with Crippen molar-refractivity contribution >= 4 is 46.3 Å². The van der Waals surface area contributed by atoms with Gasteiger partial charge in [0.1, 0.15) is 28.9 Å². The number of carbonyl (C=O) groups is 1. The second-order valence-electron chi connectivity index (χ2n) is 10.9. The van der Waals surface area contributed by atoms with E-state index in [2.05, 4.69) is 15.3 Å². The highest BCUT2D eigenvalue weighted by Crippen LogP contribution is 2.59. The lowest BCUT2D eigenvalue weighted by atomic mass is 9.60. The summed E-state index contributed by atoms with van der Waals surface area (Å²) in [4.78, 5) is 38.4. The van der Waals surface area contributed by atoms with Crippen molar-refractivity contribution in [3.05, 3.63) is 38.7 Å². The van der Waals surface area contributed by atoms with E-state index in [1.807, 2.05) is 20.8 Å². The summed E-state index contributed by atoms with van der Waals surface area (Å²) in [5.41, 5.74) is -0.517. The van der Waals surface area contributed by atoms with Crippen LogP contribution in [0.4, 0.5) is 10.7 Å². The van der Waals surface area contributed by atoms with Gasteiger partial charge in [-0.3, -0.25) is 14.3 Å². The van der Waals surface area contributed by atoms with Crippen LogP contribution in [0.1, 0.15) is 46.2 Å². The number of benzene rings is 1. The first-order chi connectivity index (χ1) is 18.4. The quantitative estimate of drug-likeness (QED) is 0.410. The van der Waals surface area contributed by atoms with Crippen LogP contribution in [0.25, 0.3) is 22.2 Å². The number of amides is 1. The Morgan fingerprint density at radius 3 is 2.28 bits per heavy atom. The van der Waals surface area contributed by atoms with Gasteiger partial charge in [0.05, 0.1) is 29.8 Å². The summed E-state index contributed by atoms with van der Waals surface area (Å²) >= 11 is 13.5. The number of hydrogen-bond acceptors (Lipinski definition) is 8. The lowest BCUT2D eigenvalue weighted by Crippen LogP contribution is -2.67. The fraction of sp³-hybridized carbons (Fsp3) is 0.481. The van der Waals surface area contributed by atoms with Crippen molar-refractivity contribution in [2.45, 2.75) is 51.8 Å². The van der Waals surface area contributed by atoms with Gasteiger partial charge < -0.3 is 19.5 Å². The smallest absolute Gasteiger partial charge is 0.411 e. The number of pyridine rings is 1. The largest absolute Gasteiger partial charge is 0.495 e. The summed E-state index contributed by atoms with van der Waals surface area (Å²) in [6.45, 7) is 5.93. The molecule has 0 bridgehead atoms. The average Bonchev–Trinajstić information content (AvgIpc) is 2.83. The minimum absolute atomic E-state index is 0.162. The Morgan fingerprint density at radius 1 is 1.13 bits per heavy atom. The normalized spacial score (nSPS) is 17.9. The molecule has 208 valence electrons. The molecule has 39 heavy (non-hydrogen) atoms. The number of rotatable bonds is 5. The third-order valence-corrected chi connectivity index (χ3v) is 8.14. The van der Waals surface area contributed by atoms with Crippen LogP contribution in [0, 0.1) is 5.41 Å². The SMILES string of the molecule is CNc1ncc2cc(-c3c(Cl)c(OC)cc(OC)c3Cl)c(=O)n(C3N(C(=O)OC(C)(C)C)CC34CCC4)c2n1. The second kappa shape index (κ2) is 9.75. The van der Waals surface area contributed by atoms with E-state index in [0.717, 1.165) is 19.3 Å². The minimum Gasteiger partial charge on any atom is -0.495 e. The van der Waals surface area contributed by atoms with Gasteiger partial charge in [-0.1, -0.05) is 29.6 Å². The standard InChI is InChI=1S/C27H31Cl2N5O5/c1-26(2,3)39-25(36)33-13-27(8-7-9-27)23(33)34-21-14(12-31-24(30-4)32-21)10-15(22(34)35)18-19(28)16(37-5)11-17(38-6)20(18)29/h10-12,23H,7-9,13H2,1-6H3,(H,30,31,32). The van der Waals surface area contributed by atoms with Crippen LogP contribution in [-0.2, 0) is 4.74 Å². The van der Waals surface area contributed by atoms with Crippen LogP contribution in [0.5, 0.6) is 11.5 Å². The van der Waals surface area contributed by atoms with E-state index >= 15 is 0 Å². The number of aromatic nitrogens is 3. The lowest BCUT2D eigenvalue weighted by molar-refractivity contribution is -0.154. The van der Waals surface area contributed by atoms with Crippen LogP contribution in [-0.4, -0.2) is 58.9 Å². The zero-order valence-corrected chi connectivity index (χ0v) is 24.2. The van der Waals surface area contributed by atoms with Crippen molar-refractivity contribution in [3.63, 3.8) is 0 Å². The molecule has 1 spiro atoms. The van der Waals surface area contributed by atoms with E-state index in [-0.39, 0.29) is 26.6 Å². The zero-order chi connectivity index (χ0) is 28.3. The molecule has 1 aliphatic carbocycles. The first kappa shape index (κ1) is 27.3. The Morgan fingerprint density at radius 2 is 1.77 bits per heavy atom. The molecule has 1 saturated heterocycles. The summed E-state index contributed by atoms with van der Waals surface area (Å²) in [7, 11) is 4.64. The summed E-state index contributed by atoms with van der Waals surface area (Å²) in [6.07, 6.45) is 3.27. The Balaban J connectivity index is 1.81. The highest BCUT2D eigenvalue weighted by Gasteiger charge is 2.60. The summed E-state index contributed by atoms with van der Waals surface area (Å²) in [5.74, 6) is 0.943. The van der Waals surface area contributed by atoms with Crippen LogP contribution in [0.3, 0.4) is 0 Å². The van der Waals surface area contributed by atoms with Gasteiger partial charge >= 0.3 is 6.09 Å². The predicted molar refractivity (Wildman–Crippen MR) is 150 cm³/mol. The van der Waals surface area contributed by atoms with Crippen molar-refractivity contribution in [3.8, 4) is 22.6 Å². The van der Waals surface area contributed by atoms with Gasteiger partial charge in [-0.2, -0.15) is 4.98 Å². The van der Waals surface area contributed by atoms with E-state index in [4.69, 9.17) is 37.4 Å². The average molecular weight is 576 g/mol. The number of nitrogens with one attached hydrogen (secondary N) is 1. The first-order valence-corrected chi connectivity index (χ1v) is 13.4. The van der Waals surface area contributed by atoms with Gasteiger partial charge in [-0.15, -0.1) is 0 Å². The number of methoxy groups -OCH3 is 2. The number of likely N-dealkylation sites (tertiary alicyclic amines) is 1. The molecular formula is C27H31Cl2N5O5. The van der Waals surface area contributed by atoms with Gasteiger partial charge in [0.25, 0.3) is 5.56 Å². The molecule has 3 aromatic rings. The molecule has 12 heteroatoms. The number of fused-ring (bicyclic) bond motifs is 1. The summed E-state index contributed by atoms with van der Waals surface area (Å²) in [6, 6.07) is 3.22. The van der Waals surface area contributed by atoms with E-state index in [0.29, 0.717) is 35.0 Å². The topological polar surface area (TPSA) is 108 Å². The molecule has 1 unspecified atom stereocenters. The number of nitrogens with zero attached hydrogens (tertiary/aromatic N) is 4. The third-order valence-electron chi connectivity index (χ3n) is 7.39. The van der Waals surface area contributed by atoms with Crippen LogP contribution in [0.2, 0.25) is 10.0 Å². The molecule has 1 aromatic carbocycles. The molecule has 0 radical (unpaired) electrons. The third kappa shape index (κ3) is 4.43. The van der Waals surface area contributed by atoms with E-state index in [9.17, 15) is 9.59 Å². The van der Waals surface area contributed by atoms with Crippen molar-refractivity contribution in [1.82, 2.24) is 19.4 Å².